The Balaban J connectivity index is 1.62. The average molecular weight is 371 g/mol. The maximum absolute atomic E-state index is 4.65. The van der Waals surface area contributed by atoms with Crippen molar-refractivity contribution in [2.75, 3.05) is 5.43 Å². The molecule has 2 heterocycles. The van der Waals surface area contributed by atoms with E-state index in [4.69, 9.17) is 0 Å². The highest BCUT2D eigenvalue weighted by Gasteiger charge is 2.10. The molecule has 0 fully saturated rings. The van der Waals surface area contributed by atoms with E-state index in [0.29, 0.717) is 0 Å². The van der Waals surface area contributed by atoms with Crippen LogP contribution in [0, 0.1) is 20.8 Å². The first kappa shape index (κ1) is 18.0. The minimum absolute atomic E-state index is 0.757. The van der Waals surface area contributed by atoms with E-state index in [1.165, 1.54) is 16.9 Å². The molecule has 4 rings (SSSR count). The summed E-state index contributed by atoms with van der Waals surface area (Å²) in [5.41, 5.74) is 11.1. The summed E-state index contributed by atoms with van der Waals surface area (Å²) in [5.74, 6) is 0.757. The molecule has 5 heteroatoms. The lowest BCUT2D eigenvalue weighted by Gasteiger charge is -2.10. The smallest absolute Gasteiger partial charge is 0.224 e. The van der Waals surface area contributed by atoms with Crippen molar-refractivity contribution in [2.45, 2.75) is 34.2 Å². The molecule has 0 saturated carbocycles. The highest BCUT2D eigenvalue weighted by molar-refractivity contribution is 5.83. The van der Waals surface area contributed by atoms with E-state index in [-0.39, 0.29) is 0 Å². The van der Waals surface area contributed by atoms with Crippen molar-refractivity contribution in [1.29, 1.82) is 0 Å². The summed E-state index contributed by atoms with van der Waals surface area (Å²) in [4.78, 5) is 4.65. The Morgan fingerprint density at radius 3 is 2.64 bits per heavy atom. The third-order valence-corrected chi connectivity index (χ3v) is 5.07. The van der Waals surface area contributed by atoms with Gasteiger partial charge in [-0.2, -0.15) is 5.10 Å². The molecule has 5 nitrogen and oxygen atoms in total. The zero-order valence-corrected chi connectivity index (χ0v) is 16.8. The zero-order chi connectivity index (χ0) is 19.7. The molecule has 2 aromatic carbocycles. The Hall–Kier alpha value is -3.34. The molecule has 0 aliphatic heterocycles. The van der Waals surface area contributed by atoms with Crippen molar-refractivity contribution in [3.63, 3.8) is 0 Å². The molecule has 0 amide bonds. The normalized spacial score (nSPS) is 11.6. The summed E-state index contributed by atoms with van der Waals surface area (Å²) >= 11 is 0. The van der Waals surface area contributed by atoms with Gasteiger partial charge >= 0.3 is 0 Å². The summed E-state index contributed by atoms with van der Waals surface area (Å²) in [6.45, 7) is 9.30. The molecule has 28 heavy (non-hydrogen) atoms. The molecule has 142 valence electrons. The van der Waals surface area contributed by atoms with Gasteiger partial charge in [-0.25, -0.2) is 10.4 Å². The number of hydrogen-bond acceptors (Lipinski definition) is 3. The SMILES string of the molecule is CCn1c(N/N=C\c2cc(C)n(-c3cccc(C)c3)c2C)nc2ccccc21. The number of nitrogens with one attached hydrogen (secondary N) is 1. The molecule has 1 N–H and O–H groups in total. The molecule has 0 radical (unpaired) electrons. The van der Waals surface area contributed by atoms with E-state index >= 15 is 0 Å². The van der Waals surface area contributed by atoms with Gasteiger partial charge in [-0.3, -0.25) is 0 Å². The predicted octanol–water partition coefficient (Wildman–Crippen LogP) is 5.22. The molecule has 0 spiro atoms. The number of hydrazone groups is 1. The van der Waals surface area contributed by atoms with Crippen LogP contribution in [0.2, 0.25) is 0 Å². The summed E-state index contributed by atoms with van der Waals surface area (Å²) in [6, 6.07) is 18.8. The number of imidazole rings is 1. The first-order chi connectivity index (χ1) is 13.6. The molecule has 0 aliphatic carbocycles. The van der Waals surface area contributed by atoms with Crippen LogP contribution in [0.1, 0.15) is 29.4 Å². The van der Waals surface area contributed by atoms with Gasteiger partial charge in [0.1, 0.15) is 0 Å². The van der Waals surface area contributed by atoms with E-state index in [9.17, 15) is 0 Å². The van der Waals surface area contributed by atoms with Gasteiger partial charge in [0.2, 0.25) is 5.95 Å². The number of rotatable bonds is 5. The highest BCUT2D eigenvalue weighted by atomic mass is 15.4. The number of anilines is 1. The number of nitrogens with zero attached hydrogens (tertiary/aromatic N) is 4. The molecule has 0 bridgehead atoms. The van der Waals surface area contributed by atoms with Gasteiger partial charge in [-0.05, 0) is 63.6 Å². The number of hydrogen-bond donors (Lipinski definition) is 1. The Morgan fingerprint density at radius 1 is 1.04 bits per heavy atom. The monoisotopic (exact) mass is 371 g/mol. The predicted molar refractivity (Wildman–Crippen MR) is 117 cm³/mol. The largest absolute Gasteiger partial charge is 0.318 e. The van der Waals surface area contributed by atoms with Gasteiger partial charge in [0, 0.05) is 29.2 Å². The van der Waals surface area contributed by atoms with E-state index in [1.807, 2.05) is 24.4 Å². The topological polar surface area (TPSA) is 47.1 Å². The lowest BCUT2D eigenvalue weighted by Crippen LogP contribution is -2.02. The van der Waals surface area contributed by atoms with Crippen molar-refractivity contribution in [1.82, 2.24) is 14.1 Å². The lowest BCUT2D eigenvalue weighted by atomic mass is 10.2. The van der Waals surface area contributed by atoms with Crippen LogP contribution in [0.5, 0.6) is 0 Å². The molecular formula is C23H25N5. The van der Waals surface area contributed by atoms with Crippen molar-refractivity contribution >= 4 is 23.2 Å². The lowest BCUT2D eigenvalue weighted by molar-refractivity contribution is 0.791. The van der Waals surface area contributed by atoms with Crippen molar-refractivity contribution in [2.24, 2.45) is 5.10 Å². The summed E-state index contributed by atoms with van der Waals surface area (Å²) in [7, 11) is 0. The van der Waals surface area contributed by atoms with Crippen molar-refractivity contribution in [3.8, 4) is 5.69 Å². The number of aryl methyl sites for hydroxylation is 3. The van der Waals surface area contributed by atoms with E-state index < -0.39 is 0 Å². The summed E-state index contributed by atoms with van der Waals surface area (Å²) in [5, 5.41) is 4.47. The molecule has 0 unspecified atom stereocenters. The second-order valence-electron chi connectivity index (χ2n) is 7.04. The minimum Gasteiger partial charge on any atom is -0.318 e. The second kappa shape index (κ2) is 7.35. The van der Waals surface area contributed by atoms with Crippen LogP contribution in [0.15, 0.2) is 59.7 Å². The Morgan fingerprint density at radius 2 is 1.86 bits per heavy atom. The maximum atomic E-state index is 4.65. The van der Waals surface area contributed by atoms with Crippen molar-refractivity contribution in [3.05, 3.63) is 77.1 Å². The maximum Gasteiger partial charge on any atom is 0.224 e. The van der Waals surface area contributed by atoms with Gasteiger partial charge in [0.05, 0.1) is 17.2 Å². The number of para-hydroxylation sites is 2. The van der Waals surface area contributed by atoms with Crippen LogP contribution < -0.4 is 5.43 Å². The van der Waals surface area contributed by atoms with Crippen molar-refractivity contribution < 1.29 is 0 Å². The second-order valence-corrected chi connectivity index (χ2v) is 7.04. The number of benzene rings is 2. The molecule has 4 aromatic rings. The molecular weight excluding hydrogens is 346 g/mol. The van der Waals surface area contributed by atoms with E-state index in [1.54, 1.807) is 0 Å². The fourth-order valence-corrected chi connectivity index (χ4v) is 3.72. The van der Waals surface area contributed by atoms with Crippen LogP contribution in [-0.4, -0.2) is 20.3 Å². The van der Waals surface area contributed by atoms with Crippen LogP contribution in [0.4, 0.5) is 5.95 Å². The number of aromatic nitrogens is 3. The fraction of sp³-hybridized carbons (Fsp3) is 0.217. The Kier molecular flexibility index (Phi) is 4.74. The minimum atomic E-state index is 0.757. The average Bonchev–Trinajstić information content (AvgIpc) is 3.18. The fourth-order valence-electron chi connectivity index (χ4n) is 3.72. The summed E-state index contributed by atoms with van der Waals surface area (Å²) < 4.78 is 4.39. The van der Waals surface area contributed by atoms with E-state index in [0.717, 1.165) is 34.8 Å². The third-order valence-electron chi connectivity index (χ3n) is 5.07. The van der Waals surface area contributed by atoms with Gasteiger partial charge in [-0.15, -0.1) is 0 Å². The van der Waals surface area contributed by atoms with Gasteiger partial charge in [0.15, 0.2) is 0 Å². The van der Waals surface area contributed by atoms with Crippen LogP contribution in [0.25, 0.3) is 16.7 Å². The van der Waals surface area contributed by atoms with Gasteiger partial charge < -0.3 is 9.13 Å². The standard InChI is InChI=1S/C23H25N5/c1-5-27-22-12-7-6-11-21(22)25-23(27)26-24-15-19-14-17(3)28(18(19)4)20-10-8-9-16(2)13-20/h6-15H,5H2,1-4H3,(H,25,26)/b24-15-. The quantitative estimate of drug-likeness (QED) is 0.386. The van der Waals surface area contributed by atoms with Crippen LogP contribution in [-0.2, 0) is 6.54 Å². The van der Waals surface area contributed by atoms with E-state index in [2.05, 4.69) is 88.7 Å². The summed E-state index contributed by atoms with van der Waals surface area (Å²) in [6.07, 6.45) is 1.87. The first-order valence-corrected chi connectivity index (χ1v) is 9.59. The number of fused-ring (bicyclic) bond motifs is 1. The molecule has 2 aromatic heterocycles. The van der Waals surface area contributed by atoms with Gasteiger partial charge in [0.25, 0.3) is 0 Å². The zero-order valence-electron chi connectivity index (χ0n) is 16.8. The molecule has 0 aliphatic rings. The Bertz CT molecular complexity index is 1160. The molecule has 0 atom stereocenters. The molecule has 0 saturated heterocycles. The van der Waals surface area contributed by atoms with Crippen LogP contribution in [0.3, 0.4) is 0 Å². The Labute approximate surface area is 165 Å². The third kappa shape index (κ3) is 3.20. The van der Waals surface area contributed by atoms with Crippen LogP contribution >= 0.6 is 0 Å². The highest BCUT2D eigenvalue weighted by Crippen LogP contribution is 2.21. The van der Waals surface area contributed by atoms with Gasteiger partial charge in [-0.1, -0.05) is 24.3 Å². The first-order valence-electron chi connectivity index (χ1n) is 9.59.